The van der Waals surface area contributed by atoms with Gasteiger partial charge in [0.25, 0.3) is 0 Å². The van der Waals surface area contributed by atoms with Gasteiger partial charge in [0.1, 0.15) is 0 Å². The molecule has 0 bridgehead atoms. The summed E-state index contributed by atoms with van der Waals surface area (Å²) in [5.41, 5.74) is 3.50. The Balaban J connectivity index is 1.31. The first kappa shape index (κ1) is 20.6. The zero-order chi connectivity index (χ0) is 22.2. The van der Waals surface area contributed by atoms with Crippen LogP contribution < -0.4 is 5.32 Å². The number of aromatic nitrogens is 1. The van der Waals surface area contributed by atoms with Crippen molar-refractivity contribution < 1.29 is 18.4 Å². The molecule has 0 unspecified atom stereocenters. The number of fused-ring (bicyclic) bond motifs is 3. The van der Waals surface area contributed by atoms with Crippen molar-refractivity contribution in [1.82, 2.24) is 20.1 Å². The van der Waals surface area contributed by atoms with Gasteiger partial charge in [-0.2, -0.15) is 0 Å². The molecule has 1 fully saturated rings. The number of carbonyl (C=O) groups is 2. The number of amides is 2. The second kappa shape index (κ2) is 8.35. The second-order valence-electron chi connectivity index (χ2n) is 8.39. The summed E-state index contributed by atoms with van der Waals surface area (Å²) in [7, 11) is 0. The fourth-order valence-electron chi connectivity index (χ4n) is 4.76. The summed E-state index contributed by atoms with van der Waals surface area (Å²) < 4.78 is 27.8. The van der Waals surface area contributed by atoms with E-state index >= 15 is 0 Å². The van der Waals surface area contributed by atoms with Gasteiger partial charge in [0.15, 0.2) is 11.6 Å². The van der Waals surface area contributed by atoms with Crippen molar-refractivity contribution in [2.24, 2.45) is 0 Å². The summed E-state index contributed by atoms with van der Waals surface area (Å²) in [6.45, 7) is 1.99. The first-order chi connectivity index (χ1) is 15.5. The molecular weight excluding hydrogens is 414 g/mol. The highest BCUT2D eigenvalue weighted by Crippen LogP contribution is 2.28. The normalized spacial score (nSPS) is 19.1. The molecule has 0 radical (unpaired) electrons. The minimum absolute atomic E-state index is 0.00166. The number of halogens is 2. The molecule has 1 saturated heterocycles. The number of hydrogen-bond donors (Lipinski definition) is 2. The van der Waals surface area contributed by atoms with Gasteiger partial charge >= 0.3 is 0 Å². The second-order valence-corrected chi connectivity index (χ2v) is 8.39. The Hall–Kier alpha value is -3.26. The van der Waals surface area contributed by atoms with Gasteiger partial charge in [0.05, 0.1) is 19.0 Å². The number of carbonyl (C=O) groups excluding carboxylic acids is 2. The number of nitrogens with one attached hydrogen (secondary N) is 2. The minimum atomic E-state index is -0.918. The van der Waals surface area contributed by atoms with Gasteiger partial charge in [-0.3, -0.25) is 14.5 Å². The minimum Gasteiger partial charge on any atom is -0.357 e. The summed E-state index contributed by atoms with van der Waals surface area (Å²) >= 11 is 0. The number of rotatable bonds is 4. The lowest BCUT2D eigenvalue weighted by atomic mass is 10.0. The van der Waals surface area contributed by atoms with Crippen LogP contribution in [-0.2, 0) is 29.1 Å². The Morgan fingerprint density at radius 2 is 1.94 bits per heavy atom. The number of hydrogen-bond acceptors (Lipinski definition) is 3. The predicted molar refractivity (Wildman–Crippen MR) is 116 cm³/mol. The summed E-state index contributed by atoms with van der Waals surface area (Å²) in [4.78, 5) is 32.6. The molecule has 3 aromatic rings. The topological polar surface area (TPSA) is 68.4 Å². The fourth-order valence-corrected chi connectivity index (χ4v) is 4.76. The van der Waals surface area contributed by atoms with Crippen molar-refractivity contribution in [2.45, 2.75) is 32.0 Å². The highest BCUT2D eigenvalue weighted by atomic mass is 19.2. The zero-order valence-electron chi connectivity index (χ0n) is 17.5. The van der Waals surface area contributed by atoms with Crippen LogP contribution in [0.5, 0.6) is 0 Å². The summed E-state index contributed by atoms with van der Waals surface area (Å²) in [5.74, 6) is -2.21. The number of nitrogens with zero attached hydrogens (tertiary/aromatic N) is 2. The molecule has 3 heterocycles. The largest absolute Gasteiger partial charge is 0.357 e. The molecule has 1 atom stereocenters. The monoisotopic (exact) mass is 438 g/mol. The molecule has 32 heavy (non-hydrogen) atoms. The van der Waals surface area contributed by atoms with E-state index < -0.39 is 17.7 Å². The van der Waals surface area contributed by atoms with Crippen molar-refractivity contribution in [3.8, 4) is 0 Å². The highest BCUT2D eigenvalue weighted by Gasteiger charge is 2.34. The van der Waals surface area contributed by atoms with Crippen LogP contribution in [0.25, 0.3) is 10.9 Å². The summed E-state index contributed by atoms with van der Waals surface area (Å²) in [6, 6.07) is 11.4. The molecule has 1 aromatic heterocycles. The summed E-state index contributed by atoms with van der Waals surface area (Å²) in [5, 5.41) is 3.97. The standard InChI is InChI=1S/C24H24F2N4O2/c25-18-6-3-4-15(23(18)26)13-29-11-9-27-24(32)21(29)12-22(31)30-10-8-17-16-5-1-2-7-19(16)28-20(17)14-30/h1-7,21,28H,8-14H2,(H,27,32)/t21-/m0/s1. The third-order valence-corrected chi connectivity index (χ3v) is 6.45. The molecule has 2 aliphatic heterocycles. The maximum Gasteiger partial charge on any atom is 0.237 e. The molecule has 2 aliphatic rings. The Morgan fingerprint density at radius 1 is 1.09 bits per heavy atom. The molecule has 6 nitrogen and oxygen atoms in total. The number of piperazine rings is 1. The van der Waals surface area contributed by atoms with E-state index in [2.05, 4.69) is 16.4 Å². The van der Waals surface area contributed by atoms with Gasteiger partial charge < -0.3 is 15.2 Å². The average molecular weight is 438 g/mol. The molecule has 8 heteroatoms. The Bertz CT molecular complexity index is 1190. The number of aromatic amines is 1. The lowest BCUT2D eigenvalue weighted by molar-refractivity contribution is -0.139. The first-order valence-electron chi connectivity index (χ1n) is 10.8. The van der Waals surface area contributed by atoms with E-state index in [0.717, 1.165) is 23.7 Å². The molecule has 0 aliphatic carbocycles. The lowest BCUT2D eigenvalue weighted by Gasteiger charge is -2.36. The van der Waals surface area contributed by atoms with Crippen LogP contribution >= 0.6 is 0 Å². The van der Waals surface area contributed by atoms with Gasteiger partial charge in [-0.15, -0.1) is 0 Å². The first-order valence-corrected chi connectivity index (χ1v) is 10.8. The maximum absolute atomic E-state index is 14.2. The Morgan fingerprint density at radius 3 is 2.81 bits per heavy atom. The molecular formula is C24H24F2N4O2. The van der Waals surface area contributed by atoms with Crippen molar-refractivity contribution in [3.05, 3.63) is 70.9 Å². The van der Waals surface area contributed by atoms with E-state index in [1.165, 1.54) is 23.1 Å². The van der Waals surface area contributed by atoms with Gasteiger partial charge in [0.2, 0.25) is 11.8 Å². The molecule has 0 spiro atoms. The van der Waals surface area contributed by atoms with E-state index in [1.807, 2.05) is 18.2 Å². The number of para-hydroxylation sites is 1. The average Bonchev–Trinajstić information content (AvgIpc) is 3.17. The van der Waals surface area contributed by atoms with Gasteiger partial charge in [-0.1, -0.05) is 30.3 Å². The third kappa shape index (κ3) is 3.75. The third-order valence-electron chi connectivity index (χ3n) is 6.45. The molecule has 2 aromatic carbocycles. The molecule has 0 saturated carbocycles. The van der Waals surface area contributed by atoms with E-state index in [-0.39, 0.29) is 30.3 Å². The van der Waals surface area contributed by atoms with E-state index in [0.29, 0.717) is 26.2 Å². The number of benzene rings is 2. The van der Waals surface area contributed by atoms with E-state index in [9.17, 15) is 18.4 Å². The van der Waals surface area contributed by atoms with Crippen LogP contribution in [0.2, 0.25) is 0 Å². The van der Waals surface area contributed by atoms with Crippen molar-refractivity contribution in [3.63, 3.8) is 0 Å². The van der Waals surface area contributed by atoms with E-state index in [1.54, 1.807) is 9.80 Å². The van der Waals surface area contributed by atoms with Crippen LogP contribution in [0.1, 0.15) is 23.2 Å². The van der Waals surface area contributed by atoms with Gasteiger partial charge in [-0.25, -0.2) is 8.78 Å². The molecule has 5 rings (SSSR count). The molecule has 2 amide bonds. The van der Waals surface area contributed by atoms with Crippen LogP contribution in [0.3, 0.4) is 0 Å². The zero-order valence-corrected chi connectivity index (χ0v) is 17.5. The fraction of sp³-hybridized carbons (Fsp3) is 0.333. The van der Waals surface area contributed by atoms with Crippen LogP contribution in [0, 0.1) is 11.6 Å². The van der Waals surface area contributed by atoms with Crippen LogP contribution in [0.15, 0.2) is 42.5 Å². The number of H-pyrrole nitrogens is 1. The van der Waals surface area contributed by atoms with Crippen molar-refractivity contribution in [1.29, 1.82) is 0 Å². The highest BCUT2D eigenvalue weighted by molar-refractivity contribution is 5.89. The summed E-state index contributed by atoms with van der Waals surface area (Å²) in [6.07, 6.45) is 0.749. The predicted octanol–water partition coefficient (Wildman–Crippen LogP) is 2.72. The van der Waals surface area contributed by atoms with Crippen LogP contribution in [0.4, 0.5) is 8.78 Å². The van der Waals surface area contributed by atoms with Crippen LogP contribution in [-0.4, -0.2) is 52.3 Å². The Labute approximate surface area is 184 Å². The van der Waals surface area contributed by atoms with Crippen molar-refractivity contribution >= 4 is 22.7 Å². The lowest BCUT2D eigenvalue weighted by Crippen LogP contribution is -2.56. The molecule has 2 N–H and O–H groups in total. The van der Waals surface area contributed by atoms with Gasteiger partial charge in [0, 0.05) is 48.3 Å². The molecule has 166 valence electrons. The maximum atomic E-state index is 14.2. The quantitative estimate of drug-likeness (QED) is 0.658. The van der Waals surface area contributed by atoms with E-state index in [4.69, 9.17) is 0 Å². The van der Waals surface area contributed by atoms with Crippen molar-refractivity contribution in [2.75, 3.05) is 19.6 Å². The Kier molecular flexibility index (Phi) is 5.38. The van der Waals surface area contributed by atoms with Gasteiger partial charge in [-0.05, 0) is 24.1 Å². The SMILES string of the molecule is O=C1NCCN(Cc2cccc(F)c2F)[C@H]1CC(=O)N1CCc2c([nH]c3ccccc23)C1. The smallest absolute Gasteiger partial charge is 0.237 e.